The summed E-state index contributed by atoms with van der Waals surface area (Å²) in [7, 11) is 3.01. The number of hydrogen-bond acceptors (Lipinski definition) is 11. The maximum Gasteiger partial charge on any atom is 0.257 e. The van der Waals surface area contributed by atoms with E-state index >= 15 is 0 Å². The Balaban J connectivity index is 1.84. The maximum absolute atomic E-state index is 11.4. The van der Waals surface area contributed by atoms with Crippen LogP contribution >= 0.6 is 0 Å². The minimum Gasteiger partial charge on any atom is -0.506 e. The van der Waals surface area contributed by atoms with Crippen LogP contribution in [-0.2, 0) is 17.9 Å². The van der Waals surface area contributed by atoms with E-state index in [1.807, 2.05) is 11.8 Å². The Labute approximate surface area is 196 Å². The lowest BCUT2D eigenvalue weighted by molar-refractivity contribution is 0.0276. The Morgan fingerprint density at radius 1 is 1.09 bits per heavy atom. The molecule has 1 atom stereocenters. The number of aromatic nitrogens is 3. The second-order valence-electron chi connectivity index (χ2n) is 7.75. The quantitative estimate of drug-likeness (QED) is 0.423. The first-order valence-electron chi connectivity index (χ1n) is 11.0. The molecule has 34 heavy (non-hydrogen) atoms. The van der Waals surface area contributed by atoms with Crippen molar-refractivity contribution in [2.24, 2.45) is 0 Å². The SMILES string of the molecule is CCOCc1nc(O)c(-c2nnc(CN3CCCC3O)o2)c(O)c1-c1c(OC)cccc1OC. The van der Waals surface area contributed by atoms with Gasteiger partial charge in [0.1, 0.15) is 29.0 Å². The normalized spacial score (nSPS) is 16.2. The van der Waals surface area contributed by atoms with Crippen molar-refractivity contribution in [1.82, 2.24) is 20.1 Å². The van der Waals surface area contributed by atoms with E-state index in [1.165, 1.54) is 14.2 Å². The van der Waals surface area contributed by atoms with Crippen LogP contribution in [-0.4, -0.2) is 69.0 Å². The molecule has 3 heterocycles. The Morgan fingerprint density at radius 3 is 2.44 bits per heavy atom. The van der Waals surface area contributed by atoms with Crippen LogP contribution in [0.3, 0.4) is 0 Å². The zero-order valence-corrected chi connectivity index (χ0v) is 19.3. The highest BCUT2D eigenvalue weighted by atomic mass is 16.5. The Morgan fingerprint density at radius 2 is 1.82 bits per heavy atom. The Hall–Kier alpha value is -3.41. The van der Waals surface area contributed by atoms with Crippen LogP contribution in [0.5, 0.6) is 23.1 Å². The molecule has 3 N–H and O–H groups in total. The predicted molar refractivity (Wildman–Crippen MR) is 120 cm³/mol. The highest BCUT2D eigenvalue weighted by molar-refractivity contribution is 5.88. The topological polar surface area (TPSA) is 143 Å². The summed E-state index contributed by atoms with van der Waals surface area (Å²) in [5, 5.41) is 40.2. The fraction of sp³-hybridized carbons (Fsp3) is 0.435. The highest BCUT2D eigenvalue weighted by Crippen LogP contribution is 2.49. The fourth-order valence-electron chi connectivity index (χ4n) is 4.05. The first kappa shape index (κ1) is 23.7. The van der Waals surface area contributed by atoms with Gasteiger partial charge in [0.25, 0.3) is 5.89 Å². The van der Waals surface area contributed by atoms with E-state index < -0.39 is 12.1 Å². The second-order valence-corrected chi connectivity index (χ2v) is 7.75. The van der Waals surface area contributed by atoms with Gasteiger partial charge in [-0.25, -0.2) is 4.98 Å². The number of aliphatic hydroxyl groups is 1. The van der Waals surface area contributed by atoms with Crippen molar-refractivity contribution in [3.63, 3.8) is 0 Å². The van der Waals surface area contributed by atoms with Crippen molar-refractivity contribution in [2.45, 2.75) is 39.1 Å². The molecular formula is C23H28N4O7. The molecule has 4 rings (SSSR count). The van der Waals surface area contributed by atoms with E-state index in [2.05, 4.69) is 15.2 Å². The van der Waals surface area contributed by atoms with Crippen LogP contribution in [0.2, 0.25) is 0 Å². The van der Waals surface area contributed by atoms with E-state index in [4.69, 9.17) is 18.6 Å². The first-order valence-corrected chi connectivity index (χ1v) is 11.0. The number of aromatic hydroxyl groups is 2. The second kappa shape index (κ2) is 10.2. The number of aliphatic hydroxyl groups excluding tert-OH is 1. The number of benzene rings is 1. The van der Waals surface area contributed by atoms with Gasteiger partial charge in [0.05, 0.1) is 44.2 Å². The average Bonchev–Trinajstić information content (AvgIpc) is 3.46. The lowest BCUT2D eigenvalue weighted by atomic mass is 9.98. The molecule has 0 amide bonds. The summed E-state index contributed by atoms with van der Waals surface area (Å²) in [4.78, 5) is 6.09. The Bertz CT molecular complexity index is 1130. The van der Waals surface area contributed by atoms with Crippen LogP contribution in [0.4, 0.5) is 0 Å². The molecule has 0 radical (unpaired) electrons. The summed E-state index contributed by atoms with van der Waals surface area (Å²) in [6.07, 6.45) is 0.984. The number of likely N-dealkylation sites (tertiary alicyclic amines) is 1. The Kier molecular flexibility index (Phi) is 7.15. The fourth-order valence-corrected chi connectivity index (χ4v) is 4.05. The van der Waals surface area contributed by atoms with Crippen molar-refractivity contribution in [3.05, 3.63) is 29.8 Å². The van der Waals surface area contributed by atoms with Crippen LogP contribution < -0.4 is 9.47 Å². The van der Waals surface area contributed by atoms with Gasteiger partial charge in [-0.2, -0.15) is 0 Å². The number of hydrogen-bond donors (Lipinski definition) is 3. The van der Waals surface area contributed by atoms with Crippen LogP contribution in [0.25, 0.3) is 22.6 Å². The first-order chi connectivity index (χ1) is 16.5. The van der Waals surface area contributed by atoms with Gasteiger partial charge in [0.2, 0.25) is 11.8 Å². The molecule has 0 bridgehead atoms. The third kappa shape index (κ3) is 4.49. The molecule has 0 saturated carbocycles. The minimum absolute atomic E-state index is 0.0242. The lowest BCUT2D eigenvalue weighted by Gasteiger charge is -2.19. The molecule has 182 valence electrons. The molecule has 1 unspecified atom stereocenters. The minimum atomic E-state index is -0.568. The van der Waals surface area contributed by atoms with E-state index in [1.54, 1.807) is 18.2 Å². The van der Waals surface area contributed by atoms with Gasteiger partial charge in [-0.3, -0.25) is 4.90 Å². The third-order valence-electron chi connectivity index (χ3n) is 5.70. The summed E-state index contributed by atoms with van der Waals surface area (Å²) in [5.74, 6) is 0.177. The molecule has 2 aromatic heterocycles. The van der Waals surface area contributed by atoms with Crippen molar-refractivity contribution >= 4 is 0 Å². The summed E-state index contributed by atoms with van der Waals surface area (Å²) >= 11 is 0. The van der Waals surface area contributed by atoms with E-state index in [0.29, 0.717) is 36.6 Å². The van der Waals surface area contributed by atoms with Crippen LogP contribution in [0.1, 0.15) is 31.4 Å². The van der Waals surface area contributed by atoms with Gasteiger partial charge in [-0.15, -0.1) is 10.2 Å². The van der Waals surface area contributed by atoms with Gasteiger partial charge in [-0.1, -0.05) is 6.07 Å². The molecule has 3 aromatic rings. The van der Waals surface area contributed by atoms with Gasteiger partial charge in [0.15, 0.2) is 0 Å². The standard InChI is InChI=1S/C23H28N4O7/c1-4-33-12-13-18(19-14(31-2)7-5-8-15(19)32-3)21(29)20(22(30)24-13)23-26-25-16(34-23)11-27-10-6-9-17(27)28/h5,7-8,17,28H,4,6,9-12H2,1-3H3,(H2,24,29,30). The molecule has 11 heteroatoms. The molecule has 1 saturated heterocycles. The average molecular weight is 472 g/mol. The van der Waals surface area contributed by atoms with Crippen LogP contribution in [0.15, 0.2) is 22.6 Å². The van der Waals surface area contributed by atoms with Crippen molar-refractivity contribution in [1.29, 1.82) is 0 Å². The molecule has 1 aliphatic heterocycles. The summed E-state index contributed by atoms with van der Waals surface area (Å²) in [5.41, 5.74) is 0.853. The third-order valence-corrected chi connectivity index (χ3v) is 5.70. The molecular weight excluding hydrogens is 444 g/mol. The van der Waals surface area contributed by atoms with E-state index in [9.17, 15) is 15.3 Å². The maximum atomic E-state index is 11.4. The molecule has 0 aliphatic carbocycles. The summed E-state index contributed by atoms with van der Waals surface area (Å²) < 4.78 is 22.3. The van der Waals surface area contributed by atoms with Crippen molar-refractivity contribution in [2.75, 3.05) is 27.4 Å². The van der Waals surface area contributed by atoms with Crippen molar-refractivity contribution in [3.8, 4) is 45.7 Å². The molecule has 1 fully saturated rings. The monoisotopic (exact) mass is 472 g/mol. The number of methoxy groups -OCH3 is 2. The van der Waals surface area contributed by atoms with Gasteiger partial charge in [-0.05, 0) is 31.9 Å². The van der Waals surface area contributed by atoms with E-state index in [-0.39, 0.29) is 47.5 Å². The summed E-state index contributed by atoms with van der Waals surface area (Å²) in [6.45, 7) is 3.22. The highest BCUT2D eigenvalue weighted by Gasteiger charge is 2.30. The summed E-state index contributed by atoms with van der Waals surface area (Å²) in [6, 6.07) is 5.20. The number of ether oxygens (including phenoxy) is 3. The van der Waals surface area contributed by atoms with Crippen LogP contribution in [0, 0.1) is 0 Å². The number of rotatable bonds is 9. The van der Waals surface area contributed by atoms with E-state index in [0.717, 1.165) is 6.42 Å². The zero-order valence-electron chi connectivity index (χ0n) is 19.3. The molecule has 1 aromatic carbocycles. The lowest BCUT2D eigenvalue weighted by Crippen LogP contribution is -2.28. The van der Waals surface area contributed by atoms with Crippen molar-refractivity contribution < 1.29 is 33.9 Å². The smallest absolute Gasteiger partial charge is 0.257 e. The number of pyridine rings is 1. The van der Waals surface area contributed by atoms with Gasteiger partial charge in [0, 0.05) is 13.2 Å². The number of nitrogens with zero attached hydrogens (tertiary/aromatic N) is 4. The molecule has 11 nitrogen and oxygen atoms in total. The predicted octanol–water partition coefficient (Wildman–Crippen LogP) is 2.68. The van der Waals surface area contributed by atoms with Gasteiger partial charge >= 0.3 is 0 Å². The molecule has 1 aliphatic rings. The largest absolute Gasteiger partial charge is 0.506 e. The van der Waals surface area contributed by atoms with Gasteiger partial charge < -0.3 is 33.9 Å². The zero-order chi connectivity index (χ0) is 24.2. The molecule has 0 spiro atoms.